The van der Waals surface area contributed by atoms with Crippen LogP contribution in [0.1, 0.15) is 24.8 Å². The molecule has 27 heavy (non-hydrogen) atoms. The van der Waals surface area contributed by atoms with Crippen LogP contribution in [0.5, 0.6) is 0 Å². The van der Waals surface area contributed by atoms with Gasteiger partial charge in [-0.3, -0.25) is 10.3 Å². The number of alkyl carbamates (subject to hydrolysis) is 1. The molecule has 0 bridgehead atoms. The van der Waals surface area contributed by atoms with E-state index in [-0.39, 0.29) is 18.3 Å². The highest BCUT2D eigenvalue weighted by Crippen LogP contribution is 2.39. The van der Waals surface area contributed by atoms with Gasteiger partial charge in [0.05, 0.1) is 18.8 Å². The van der Waals surface area contributed by atoms with E-state index in [0.717, 1.165) is 10.9 Å². The lowest BCUT2D eigenvalue weighted by molar-refractivity contribution is -0.784. The Morgan fingerprint density at radius 1 is 1.19 bits per heavy atom. The number of nitrogens with zero attached hydrogens (tertiary/aromatic N) is 1. The smallest absolute Gasteiger partial charge is 0.450 e. The minimum atomic E-state index is -5.79. The number of fused-ring (bicyclic) bond motifs is 1. The first-order valence-corrected chi connectivity index (χ1v) is 8.07. The number of nitrogens with two attached hydrogens (primary N) is 1. The third kappa shape index (κ3) is 4.34. The molecule has 0 radical (unpaired) electrons. The third-order valence-electron chi connectivity index (χ3n) is 4.13. The molecule has 0 unspecified atom stereocenters. The molecular formula is C16H18F6N3O2+. The minimum absolute atomic E-state index is 0.0288. The number of nitrogens with one attached hydrogen (secondary N) is 1. The van der Waals surface area contributed by atoms with Crippen LogP contribution in [0.25, 0.3) is 0 Å². The third-order valence-corrected chi connectivity index (χ3v) is 4.13. The second-order valence-corrected chi connectivity index (χ2v) is 5.87. The van der Waals surface area contributed by atoms with Crippen molar-refractivity contribution in [1.29, 1.82) is 0 Å². The van der Waals surface area contributed by atoms with Crippen LogP contribution < -0.4 is 10.6 Å². The number of carbonyl (C=O) groups is 1. The average Bonchev–Trinajstić information content (AvgIpc) is 2.95. The predicted molar refractivity (Wildman–Crippen MR) is 83.7 cm³/mol. The maximum absolute atomic E-state index is 13.4. The first-order valence-electron chi connectivity index (χ1n) is 8.07. The highest BCUT2D eigenvalue weighted by atomic mass is 19.4. The first kappa shape index (κ1) is 21.0. The maximum atomic E-state index is 13.4. The second kappa shape index (κ2) is 7.75. The Balaban J connectivity index is 2.17. The van der Waals surface area contributed by atoms with Crippen LogP contribution >= 0.6 is 0 Å². The van der Waals surface area contributed by atoms with E-state index in [4.69, 9.17) is 0 Å². The fourth-order valence-electron chi connectivity index (χ4n) is 2.79. The number of halogens is 6. The minimum Gasteiger partial charge on any atom is -0.450 e. The summed E-state index contributed by atoms with van der Waals surface area (Å²) in [7, 11) is 0. The van der Waals surface area contributed by atoms with Gasteiger partial charge in [0.2, 0.25) is 0 Å². The summed E-state index contributed by atoms with van der Waals surface area (Å²) >= 11 is 0. The van der Waals surface area contributed by atoms with Crippen molar-refractivity contribution < 1.29 is 41.2 Å². The fraction of sp³-hybridized carbons (Fsp3) is 0.500. The fourth-order valence-corrected chi connectivity index (χ4v) is 2.79. The largest absolute Gasteiger partial charge is 0.475 e. The van der Waals surface area contributed by atoms with Gasteiger partial charge < -0.3 is 10.1 Å². The van der Waals surface area contributed by atoms with Crippen LogP contribution in [0.3, 0.4) is 0 Å². The molecule has 5 nitrogen and oxygen atoms in total. The maximum Gasteiger partial charge on any atom is 0.475 e. The SMILES string of the molecule is CCOC(=O)NC([NH2+]CC[C@H]1C=Nc2ccccc21)(C(F)(F)F)C(F)(F)F. The molecule has 0 fully saturated rings. The van der Waals surface area contributed by atoms with Gasteiger partial charge in [0.15, 0.2) is 0 Å². The molecule has 1 aromatic rings. The molecule has 3 N–H and O–H groups in total. The summed E-state index contributed by atoms with van der Waals surface area (Å²) in [5.41, 5.74) is -3.14. The predicted octanol–water partition coefficient (Wildman–Crippen LogP) is 3.01. The molecule has 1 amide bonds. The number of quaternary nitrogens is 1. The Morgan fingerprint density at radius 3 is 2.41 bits per heavy atom. The molecule has 150 valence electrons. The number of rotatable bonds is 6. The monoisotopic (exact) mass is 398 g/mol. The molecule has 0 saturated carbocycles. The molecular weight excluding hydrogens is 380 g/mol. The summed E-state index contributed by atoms with van der Waals surface area (Å²) in [6.45, 7) is 0.340. The molecule has 2 rings (SSSR count). The molecule has 1 heterocycles. The highest BCUT2D eigenvalue weighted by Gasteiger charge is 2.76. The summed E-state index contributed by atoms with van der Waals surface area (Å²) in [6.07, 6.45) is -11.9. The van der Waals surface area contributed by atoms with Crippen molar-refractivity contribution in [2.75, 3.05) is 13.2 Å². The van der Waals surface area contributed by atoms with Crippen molar-refractivity contribution in [2.24, 2.45) is 4.99 Å². The van der Waals surface area contributed by atoms with E-state index in [2.05, 4.69) is 9.73 Å². The van der Waals surface area contributed by atoms with Gasteiger partial charge in [-0.15, -0.1) is 0 Å². The zero-order valence-electron chi connectivity index (χ0n) is 14.2. The Hall–Kier alpha value is -2.30. The van der Waals surface area contributed by atoms with Crippen molar-refractivity contribution in [1.82, 2.24) is 5.32 Å². The zero-order chi connectivity index (χ0) is 20.3. The Labute approximate surface area is 150 Å². The van der Waals surface area contributed by atoms with Gasteiger partial charge in [0.25, 0.3) is 0 Å². The lowest BCUT2D eigenvalue weighted by atomic mass is 9.97. The number of amides is 1. The van der Waals surface area contributed by atoms with Crippen LogP contribution in [-0.2, 0) is 4.74 Å². The molecule has 0 aromatic heterocycles. The molecule has 0 saturated heterocycles. The molecule has 1 atom stereocenters. The molecule has 0 spiro atoms. The number of hydrogen-bond donors (Lipinski definition) is 2. The lowest BCUT2D eigenvalue weighted by Gasteiger charge is -2.34. The molecule has 1 aliphatic heterocycles. The van der Waals surface area contributed by atoms with Gasteiger partial charge in [-0.05, 0) is 18.6 Å². The van der Waals surface area contributed by atoms with E-state index in [9.17, 15) is 31.1 Å². The topological polar surface area (TPSA) is 67.3 Å². The lowest BCUT2D eigenvalue weighted by Crippen LogP contribution is -3.08. The summed E-state index contributed by atoms with van der Waals surface area (Å²) in [5, 5.41) is 0.996. The number of benzene rings is 1. The summed E-state index contributed by atoms with van der Waals surface area (Å²) in [4.78, 5) is 15.5. The van der Waals surface area contributed by atoms with Crippen LogP contribution in [0.2, 0.25) is 0 Å². The molecule has 11 heteroatoms. The van der Waals surface area contributed by atoms with Gasteiger partial charge in [-0.2, -0.15) is 26.3 Å². The van der Waals surface area contributed by atoms with Crippen molar-refractivity contribution in [2.45, 2.75) is 37.3 Å². The van der Waals surface area contributed by atoms with Gasteiger partial charge in [-0.1, -0.05) is 18.2 Å². The van der Waals surface area contributed by atoms with Crippen molar-refractivity contribution in [3.63, 3.8) is 0 Å². The average molecular weight is 398 g/mol. The van der Waals surface area contributed by atoms with Crippen LogP contribution in [0.15, 0.2) is 29.3 Å². The normalized spacial score (nSPS) is 16.9. The summed E-state index contributed by atoms with van der Waals surface area (Å²) in [5.74, 6) is -0.404. The van der Waals surface area contributed by atoms with Crippen molar-refractivity contribution in [3.05, 3.63) is 29.8 Å². The molecule has 1 aliphatic rings. The number of hydrogen-bond acceptors (Lipinski definition) is 3. The van der Waals surface area contributed by atoms with Gasteiger partial charge in [-0.25, -0.2) is 4.79 Å². The second-order valence-electron chi connectivity index (χ2n) is 5.87. The van der Waals surface area contributed by atoms with Crippen molar-refractivity contribution in [3.8, 4) is 0 Å². The number of para-hydroxylation sites is 1. The number of alkyl halides is 6. The molecule has 0 aliphatic carbocycles. The van der Waals surface area contributed by atoms with Gasteiger partial charge in [0, 0.05) is 18.6 Å². The number of carbonyl (C=O) groups excluding carboxylic acids is 1. The van der Waals surface area contributed by atoms with Crippen LogP contribution in [-0.4, -0.2) is 43.5 Å². The quantitative estimate of drug-likeness (QED) is 0.572. The molecule has 1 aromatic carbocycles. The van der Waals surface area contributed by atoms with E-state index < -0.39 is 36.6 Å². The Kier molecular flexibility index (Phi) is 6.03. The van der Waals surface area contributed by atoms with E-state index >= 15 is 0 Å². The van der Waals surface area contributed by atoms with Crippen LogP contribution in [0, 0.1) is 0 Å². The first-order chi connectivity index (χ1) is 12.5. The Morgan fingerprint density at radius 2 is 1.81 bits per heavy atom. The van der Waals surface area contributed by atoms with E-state index in [1.807, 2.05) is 0 Å². The van der Waals surface area contributed by atoms with Gasteiger partial charge in [0.1, 0.15) is 0 Å². The highest BCUT2D eigenvalue weighted by molar-refractivity contribution is 5.80. The summed E-state index contributed by atoms with van der Waals surface area (Å²) in [6, 6.07) is 6.85. The standard InChI is InChI=1S/C16H17F6N3O2/c1-2-27-13(26)25-14(15(17,18)19,16(20,21)22)24-8-7-10-9-23-12-6-4-3-5-11(10)12/h3-6,9-10,24H,2,7-8H2,1H3,(H,25,26)/p+1/t10-/m0/s1. The van der Waals surface area contributed by atoms with E-state index in [1.165, 1.54) is 13.1 Å². The number of ether oxygens (including phenoxy) is 1. The van der Waals surface area contributed by atoms with Crippen LogP contribution in [0.4, 0.5) is 36.8 Å². The van der Waals surface area contributed by atoms with Gasteiger partial charge >= 0.3 is 24.1 Å². The van der Waals surface area contributed by atoms with E-state index in [0.29, 0.717) is 5.69 Å². The summed E-state index contributed by atoms with van der Waals surface area (Å²) < 4.78 is 84.4. The van der Waals surface area contributed by atoms with Crippen molar-refractivity contribution >= 4 is 18.0 Å². The zero-order valence-corrected chi connectivity index (χ0v) is 14.2. The Bertz CT molecular complexity index is 688. The van der Waals surface area contributed by atoms with E-state index in [1.54, 1.807) is 24.3 Å². The number of aliphatic imine (C=N–C) groups is 1.